The first-order valence-electron chi connectivity index (χ1n) is 5.00. The van der Waals surface area contributed by atoms with Gasteiger partial charge in [-0.25, -0.2) is 4.39 Å². The molecule has 0 fully saturated rings. The zero-order chi connectivity index (χ0) is 11.1. The highest BCUT2D eigenvalue weighted by molar-refractivity contribution is 5.52. The van der Waals surface area contributed by atoms with Crippen LogP contribution in [0.2, 0.25) is 0 Å². The van der Waals surface area contributed by atoms with Crippen LogP contribution in [0.5, 0.6) is 5.75 Å². The molecule has 2 nitrogen and oxygen atoms in total. The summed E-state index contributed by atoms with van der Waals surface area (Å²) in [7, 11) is 1.86. The number of benzene rings is 1. The number of ether oxygens (including phenoxy) is 1. The molecule has 1 rings (SSSR count). The first-order chi connectivity index (χ1) is 7.26. The van der Waals surface area contributed by atoms with Crippen molar-refractivity contribution < 1.29 is 9.13 Å². The van der Waals surface area contributed by atoms with Crippen molar-refractivity contribution in [2.45, 2.75) is 6.92 Å². The molecule has 1 aromatic rings. The minimum Gasteiger partial charge on any atom is -0.494 e. The van der Waals surface area contributed by atoms with Crippen LogP contribution in [-0.2, 0) is 0 Å². The Morgan fingerprint density at radius 2 is 2.20 bits per heavy atom. The van der Waals surface area contributed by atoms with Gasteiger partial charge in [-0.05, 0) is 31.7 Å². The van der Waals surface area contributed by atoms with Gasteiger partial charge in [0.2, 0.25) is 0 Å². The Morgan fingerprint density at radius 3 is 2.87 bits per heavy atom. The van der Waals surface area contributed by atoms with Gasteiger partial charge >= 0.3 is 0 Å². The van der Waals surface area contributed by atoms with Gasteiger partial charge in [-0.3, -0.25) is 0 Å². The van der Waals surface area contributed by atoms with Crippen LogP contribution in [0.1, 0.15) is 12.5 Å². The molecule has 0 aliphatic heterocycles. The number of rotatable bonds is 5. The largest absolute Gasteiger partial charge is 0.494 e. The third kappa shape index (κ3) is 4.13. The van der Waals surface area contributed by atoms with Crippen LogP contribution in [0.4, 0.5) is 4.39 Å². The molecule has 0 amide bonds. The molecule has 0 atom stereocenters. The summed E-state index contributed by atoms with van der Waals surface area (Å²) in [6.45, 7) is 3.19. The minimum absolute atomic E-state index is 0.273. The lowest BCUT2D eigenvalue weighted by molar-refractivity contribution is 0.338. The molecule has 1 aromatic carbocycles. The maximum Gasteiger partial charge on any atom is 0.127 e. The first-order valence-corrected chi connectivity index (χ1v) is 5.00. The Morgan fingerprint density at radius 1 is 1.40 bits per heavy atom. The smallest absolute Gasteiger partial charge is 0.127 e. The maximum absolute atomic E-state index is 13.1. The minimum atomic E-state index is -0.273. The molecule has 1 N–H and O–H groups in total. The quantitative estimate of drug-likeness (QED) is 0.804. The summed E-state index contributed by atoms with van der Waals surface area (Å²) in [5, 5.41) is 2.98. The molecule has 15 heavy (non-hydrogen) atoms. The molecule has 0 saturated carbocycles. The van der Waals surface area contributed by atoms with E-state index in [0.29, 0.717) is 12.4 Å². The van der Waals surface area contributed by atoms with Crippen molar-refractivity contribution in [1.29, 1.82) is 0 Å². The van der Waals surface area contributed by atoms with Gasteiger partial charge in [-0.1, -0.05) is 12.2 Å². The standard InChI is InChI=1S/C12H16FNO/c1-3-15-12-8-10(5-4-6-14-2)7-11(13)9-12/h4-5,7-9,14H,3,6H2,1-2H3. The van der Waals surface area contributed by atoms with E-state index in [0.717, 1.165) is 12.1 Å². The second-order valence-electron chi connectivity index (χ2n) is 3.11. The number of hydrogen-bond donors (Lipinski definition) is 1. The lowest BCUT2D eigenvalue weighted by Crippen LogP contribution is -2.03. The number of nitrogens with one attached hydrogen (secondary N) is 1. The van der Waals surface area contributed by atoms with Crippen molar-refractivity contribution in [2.24, 2.45) is 0 Å². The van der Waals surface area contributed by atoms with Gasteiger partial charge in [0.05, 0.1) is 6.61 Å². The number of hydrogen-bond acceptors (Lipinski definition) is 2. The third-order valence-electron chi connectivity index (χ3n) is 1.84. The normalized spacial score (nSPS) is 10.9. The fraction of sp³-hybridized carbons (Fsp3) is 0.333. The van der Waals surface area contributed by atoms with Crippen molar-refractivity contribution >= 4 is 6.08 Å². The van der Waals surface area contributed by atoms with Crippen molar-refractivity contribution in [3.63, 3.8) is 0 Å². The highest BCUT2D eigenvalue weighted by Gasteiger charge is 1.98. The average molecular weight is 209 g/mol. The summed E-state index contributed by atoms with van der Waals surface area (Å²) in [6.07, 6.45) is 3.80. The summed E-state index contributed by atoms with van der Waals surface area (Å²) >= 11 is 0. The third-order valence-corrected chi connectivity index (χ3v) is 1.84. The molecule has 0 spiro atoms. The van der Waals surface area contributed by atoms with Crippen LogP contribution in [0.3, 0.4) is 0 Å². The molecule has 0 radical (unpaired) electrons. The van der Waals surface area contributed by atoms with Crippen molar-refractivity contribution in [2.75, 3.05) is 20.2 Å². The first kappa shape index (κ1) is 11.7. The van der Waals surface area contributed by atoms with Gasteiger partial charge in [0.15, 0.2) is 0 Å². The second kappa shape index (κ2) is 6.19. The highest BCUT2D eigenvalue weighted by Crippen LogP contribution is 2.17. The summed E-state index contributed by atoms with van der Waals surface area (Å²) in [5.41, 5.74) is 0.814. The van der Waals surface area contributed by atoms with Gasteiger partial charge in [-0.15, -0.1) is 0 Å². The Labute approximate surface area is 89.8 Å². The van der Waals surface area contributed by atoms with Crippen LogP contribution < -0.4 is 10.1 Å². The highest BCUT2D eigenvalue weighted by atomic mass is 19.1. The molecule has 0 aliphatic carbocycles. The van der Waals surface area contributed by atoms with E-state index in [-0.39, 0.29) is 5.82 Å². The van der Waals surface area contributed by atoms with Crippen molar-refractivity contribution in [3.8, 4) is 5.75 Å². The van der Waals surface area contributed by atoms with E-state index in [1.54, 1.807) is 0 Å². The zero-order valence-electron chi connectivity index (χ0n) is 9.09. The fourth-order valence-electron chi connectivity index (χ4n) is 1.24. The van der Waals surface area contributed by atoms with E-state index in [1.807, 2.05) is 32.2 Å². The van der Waals surface area contributed by atoms with E-state index >= 15 is 0 Å². The van der Waals surface area contributed by atoms with Crippen LogP contribution in [0.15, 0.2) is 24.3 Å². The molecule has 0 unspecified atom stereocenters. The van der Waals surface area contributed by atoms with Gasteiger partial charge < -0.3 is 10.1 Å². The number of likely N-dealkylation sites (N-methyl/N-ethyl adjacent to an activating group) is 1. The molecule has 3 heteroatoms. The van der Waals surface area contributed by atoms with E-state index in [4.69, 9.17) is 4.74 Å². The molecule has 0 aliphatic rings. The van der Waals surface area contributed by atoms with Gasteiger partial charge in [0.25, 0.3) is 0 Å². The molecular formula is C12H16FNO. The molecule has 0 bridgehead atoms. The Hall–Kier alpha value is -1.35. The second-order valence-corrected chi connectivity index (χ2v) is 3.11. The van der Waals surface area contributed by atoms with E-state index < -0.39 is 0 Å². The average Bonchev–Trinajstić information content (AvgIpc) is 2.18. The molecule has 0 aromatic heterocycles. The molecule has 82 valence electrons. The van der Waals surface area contributed by atoms with Crippen molar-refractivity contribution in [1.82, 2.24) is 5.32 Å². The lowest BCUT2D eigenvalue weighted by atomic mass is 10.2. The monoisotopic (exact) mass is 209 g/mol. The van der Waals surface area contributed by atoms with Gasteiger partial charge in [0.1, 0.15) is 11.6 Å². The topological polar surface area (TPSA) is 21.3 Å². The SMILES string of the molecule is CCOc1cc(F)cc(C=CCNC)c1. The lowest BCUT2D eigenvalue weighted by Gasteiger charge is -2.04. The fourth-order valence-corrected chi connectivity index (χ4v) is 1.24. The van der Waals surface area contributed by atoms with Crippen LogP contribution in [-0.4, -0.2) is 20.2 Å². The van der Waals surface area contributed by atoms with E-state index in [9.17, 15) is 4.39 Å². The van der Waals surface area contributed by atoms with E-state index in [1.165, 1.54) is 12.1 Å². The molecule has 0 heterocycles. The summed E-state index contributed by atoms with van der Waals surface area (Å²) < 4.78 is 18.4. The summed E-state index contributed by atoms with van der Waals surface area (Å²) in [4.78, 5) is 0. The van der Waals surface area contributed by atoms with Crippen LogP contribution in [0.25, 0.3) is 6.08 Å². The maximum atomic E-state index is 13.1. The Balaban J connectivity index is 2.78. The Bertz CT molecular complexity index is 336. The predicted octanol–water partition coefficient (Wildman–Crippen LogP) is 2.46. The van der Waals surface area contributed by atoms with Crippen LogP contribution >= 0.6 is 0 Å². The number of halogens is 1. The van der Waals surface area contributed by atoms with E-state index in [2.05, 4.69) is 5.32 Å². The Kier molecular flexibility index (Phi) is 4.84. The van der Waals surface area contributed by atoms with Gasteiger partial charge in [0, 0.05) is 12.6 Å². The predicted molar refractivity (Wildman–Crippen MR) is 60.5 cm³/mol. The zero-order valence-corrected chi connectivity index (χ0v) is 9.09. The van der Waals surface area contributed by atoms with Crippen molar-refractivity contribution in [3.05, 3.63) is 35.7 Å². The summed E-state index contributed by atoms with van der Waals surface area (Å²) in [5.74, 6) is 0.298. The van der Waals surface area contributed by atoms with Crippen LogP contribution in [0, 0.1) is 5.82 Å². The molecular weight excluding hydrogens is 193 g/mol. The molecule has 0 saturated heterocycles. The van der Waals surface area contributed by atoms with Gasteiger partial charge in [-0.2, -0.15) is 0 Å². The summed E-state index contributed by atoms with van der Waals surface area (Å²) in [6, 6.07) is 4.69.